The van der Waals surface area contributed by atoms with Crippen LogP contribution in [-0.2, 0) is 0 Å². The van der Waals surface area contributed by atoms with E-state index in [9.17, 15) is 4.79 Å². The minimum atomic E-state index is -0.245. The molecule has 23 heavy (non-hydrogen) atoms. The predicted molar refractivity (Wildman–Crippen MR) is 91.1 cm³/mol. The van der Waals surface area contributed by atoms with Crippen LogP contribution in [0.4, 0.5) is 0 Å². The fraction of sp³-hybridized carbons (Fsp3) is 0.294. The molecule has 0 aliphatic heterocycles. The van der Waals surface area contributed by atoms with Crippen LogP contribution in [0.1, 0.15) is 34.2 Å². The van der Waals surface area contributed by atoms with E-state index in [4.69, 9.17) is 0 Å². The van der Waals surface area contributed by atoms with E-state index in [0.29, 0.717) is 10.9 Å². The summed E-state index contributed by atoms with van der Waals surface area (Å²) in [6, 6.07) is 9.62. The van der Waals surface area contributed by atoms with Crippen molar-refractivity contribution in [3.05, 3.63) is 52.8 Å². The van der Waals surface area contributed by atoms with Crippen molar-refractivity contribution >= 4 is 23.3 Å². The lowest BCUT2D eigenvalue weighted by atomic mass is 10.1. The summed E-state index contributed by atoms with van der Waals surface area (Å²) in [4.78, 5) is 16.9. The molecule has 118 valence electrons. The molecule has 3 rings (SSSR count). The molecule has 0 aliphatic carbocycles. The molecular formula is C17H18N4OS. The quantitative estimate of drug-likeness (QED) is 0.543. The Morgan fingerprint density at radius 3 is 2.52 bits per heavy atom. The van der Waals surface area contributed by atoms with E-state index < -0.39 is 0 Å². The second kappa shape index (κ2) is 6.12. The van der Waals surface area contributed by atoms with Crippen LogP contribution in [0.25, 0.3) is 5.78 Å². The summed E-state index contributed by atoms with van der Waals surface area (Å²) in [7, 11) is 0. The number of fused-ring (bicyclic) bond motifs is 1. The van der Waals surface area contributed by atoms with Crippen LogP contribution in [0.15, 0.2) is 35.5 Å². The molecule has 0 saturated heterocycles. The third kappa shape index (κ3) is 3.12. The van der Waals surface area contributed by atoms with Gasteiger partial charge in [0.15, 0.2) is 10.9 Å². The van der Waals surface area contributed by atoms with Crippen molar-refractivity contribution in [1.82, 2.24) is 19.6 Å². The summed E-state index contributed by atoms with van der Waals surface area (Å²) in [5, 5.41) is 8.74. The van der Waals surface area contributed by atoms with Crippen LogP contribution < -0.4 is 0 Å². The highest BCUT2D eigenvalue weighted by Crippen LogP contribution is 2.25. The Balaban J connectivity index is 1.87. The van der Waals surface area contributed by atoms with Crippen molar-refractivity contribution in [2.75, 3.05) is 0 Å². The van der Waals surface area contributed by atoms with Crippen LogP contribution in [0.3, 0.4) is 0 Å². The highest BCUT2D eigenvalue weighted by molar-refractivity contribution is 8.00. The van der Waals surface area contributed by atoms with Gasteiger partial charge in [0, 0.05) is 17.0 Å². The Morgan fingerprint density at radius 2 is 1.83 bits per heavy atom. The number of Topliss-reactive ketones (excluding diaryl/α,β-unsaturated/α-hetero) is 1. The van der Waals surface area contributed by atoms with Crippen LogP contribution >= 0.6 is 11.8 Å². The molecule has 0 unspecified atom stereocenters. The van der Waals surface area contributed by atoms with Gasteiger partial charge in [-0.3, -0.25) is 9.20 Å². The summed E-state index contributed by atoms with van der Waals surface area (Å²) < 4.78 is 1.89. The molecule has 6 heteroatoms. The van der Waals surface area contributed by atoms with E-state index in [-0.39, 0.29) is 11.0 Å². The maximum absolute atomic E-state index is 12.6. The number of hydrogen-bond donors (Lipinski definition) is 0. The van der Waals surface area contributed by atoms with Crippen molar-refractivity contribution in [1.29, 1.82) is 0 Å². The standard InChI is InChI=1S/C17H18N4OS/c1-10-5-7-14(8-6-10)15(22)13(4)23-17-20-19-16-18-11(2)9-12(3)21(16)17/h5-9,13H,1-4H3/t13-/m0/s1. The number of ketones is 1. The lowest BCUT2D eigenvalue weighted by molar-refractivity contribution is 0.0994. The van der Waals surface area contributed by atoms with E-state index in [0.717, 1.165) is 22.5 Å². The molecule has 5 nitrogen and oxygen atoms in total. The highest BCUT2D eigenvalue weighted by atomic mass is 32.2. The maximum Gasteiger partial charge on any atom is 0.256 e. The van der Waals surface area contributed by atoms with Crippen molar-refractivity contribution in [3.8, 4) is 0 Å². The van der Waals surface area contributed by atoms with Gasteiger partial charge in [0.2, 0.25) is 0 Å². The molecule has 0 bridgehead atoms. The van der Waals surface area contributed by atoms with Crippen LogP contribution in [0, 0.1) is 20.8 Å². The van der Waals surface area contributed by atoms with Gasteiger partial charge in [0.05, 0.1) is 5.25 Å². The average molecular weight is 326 g/mol. The lowest BCUT2D eigenvalue weighted by Crippen LogP contribution is -2.14. The summed E-state index contributed by atoms with van der Waals surface area (Å²) in [5.74, 6) is 0.657. The first-order chi connectivity index (χ1) is 11.0. The average Bonchev–Trinajstić information content (AvgIpc) is 2.90. The number of rotatable bonds is 4. The van der Waals surface area contributed by atoms with Crippen LogP contribution in [-0.4, -0.2) is 30.6 Å². The van der Waals surface area contributed by atoms with Gasteiger partial charge >= 0.3 is 0 Å². The van der Waals surface area contributed by atoms with E-state index in [1.807, 2.05) is 62.4 Å². The Hall–Kier alpha value is -2.21. The molecule has 1 aromatic carbocycles. The summed E-state index contributed by atoms with van der Waals surface area (Å²) >= 11 is 1.41. The molecule has 3 aromatic rings. The van der Waals surface area contributed by atoms with Crippen LogP contribution in [0.2, 0.25) is 0 Å². The summed E-state index contributed by atoms with van der Waals surface area (Å²) in [5.41, 5.74) is 3.77. The van der Waals surface area contributed by atoms with Gasteiger partial charge in [0.25, 0.3) is 5.78 Å². The Labute approximate surface area is 139 Å². The van der Waals surface area contributed by atoms with Crippen molar-refractivity contribution in [2.24, 2.45) is 0 Å². The van der Waals surface area contributed by atoms with E-state index in [1.54, 1.807) is 0 Å². The first-order valence-electron chi connectivity index (χ1n) is 7.42. The number of aromatic nitrogens is 4. The molecule has 0 fully saturated rings. The van der Waals surface area contributed by atoms with Gasteiger partial charge < -0.3 is 0 Å². The van der Waals surface area contributed by atoms with Gasteiger partial charge in [-0.1, -0.05) is 41.6 Å². The minimum absolute atomic E-state index is 0.0875. The molecule has 2 aromatic heterocycles. The predicted octanol–water partition coefficient (Wildman–Crippen LogP) is 3.41. The van der Waals surface area contributed by atoms with Crippen molar-refractivity contribution < 1.29 is 4.79 Å². The zero-order valence-electron chi connectivity index (χ0n) is 13.6. The zero-order valence-corrected chi connectivity index (χ0v) is 14.4. The smallest absolute Gasteiger partial charge is 0.256 e. The topological polar surface area (TPSA) is 60.2 Å². The first kappa shape index (κ1) is 15.7. The van der Waals surface area contributed by atoms with Gasteiger partial charge in [-0.25, -0.2) is 4.98 Å². The number of hydrogen-bond acceptors (Lipinski definition) is 5. The van der Waals surface area contributed by atoms with E-state index in [1.165, 1.54) is 11.8 Å². The third-order valence-corrected chi connectivity index (χ3v) is 4.69. The molecule has 0 spiro atoms. The van der Waals surface area contributed by atoms with Gasteiger partial charge in [-0.05, 0) is 33.8 Å². The largest absolute Gasteiger partial charge is 0.293 e. The third-order valence-electron chi connectivity index (χ3n) is 3.65. The minimum Gasteiger partial charge on any atom is -0.293 e. The summed E-state index contributed by atoms with van der Waals surface area (Å²) in [6.07, 6.45) is 0. The number of carbonyl (C=O) groups excluding carboxylic acids is 1. The van der Waals surface area contributed by atoms with Crippen molar-refractivity contribution in [2.45, 2.75) is 38.1 Å². The molecule has 0 saturated carbocycles. The fourth-order valence-corrected chi connectivity index (χ4v) is 3.42. The Morgan fingerprint density at radius 1 is 1.13 bits per heavy atom. The van der Waals surface area contributed by atoms with Crippen molar-refractivity contribution in [3.63, 3.8) is 0 Å². The SMILES string of the molecule is Cc1ccc(C(=O)[C@H](C)Sc2nnc3nc(C)cc(C)n23)cc1. The number of aryl methyl sites for hydroxylation is 3. The molecular weight excluding hydrogens is 308 g/mol. The number of carbonyl (C=O) groups is 1. The molecule has 0 N–H and O–H groups in total. The number of nitrogens with zero attached hydrogens (tertiary/aromatic N) is 4. The molecule has 1 atom stereocenters. The second-order valence-electron chi connectivity index (χ2n) is 5.65. The first-order valence-corrected chi connectivity index (χ1v) is 8.30. The lowest BCUT2D eigenvalue weighted by Gasteiger charge is -2.10. The molecule has 0 radical (unpaired) electrons. The van der Waals surface area contributed by atoms with Gasteiger partial charge in [-0.2, -0.15) is 0 Å². The highest BCUT2D eigenvalue weighted by Gasteiger charge is 2.20. The Bertz CT molecular complexity index is 870. The number of thioether (sulfide) groups is 1. The number of benzene rings is 1. The monoisotopic (exact) mass is 326 g/mol. The molecule has 0 aliphatic rings. The van der Waals surface area contributed by atoms with E-state index in [2.05, 4.69) is 15.2 Å². The Kier molecular flexibility index (Phi) is 4.17. The van der Waals surface area contributed by atoms with Gasteiger partial charge in [0.1, 0.15) is 0 Å². The van der Waals surface area contributed by atoms with Crippen LogP contribution in [0.5, 0.6) is 0 Å². The second-order valence-corrected chi connectivity index (χ2v) is 6.96. The summed E-state index contributed by atoms with van der Waals surface area (Å²) in [6.45, 7) is 7.82. The van der Waals surface area contributed by atoms with Gasteiger partial charge in [-0.15, -0.1) is 10.2 Å². The molecule has 0 amide bonds. The molecule has 2 heterocycles. The normalized spacial score (nSPS) is 12.5. The maximum atomic E-state index is 12.6. The van der Waals surface area contributed by atoms with E-state index >= 15 is 0 Å². The fourth-order valence-electron chi connectivity index (χ4n) is 2.44. The zero-order chi connectivity index (χ0) is 16.6.